The van der Waals surface area contributed by atoms with E-state index in [1.807, 2.05) is 0 Å². The Labute approximate surface area is 117 Å². The topological polar surface area (TPSA) is 41.6 Å². The molecule has 0 spiro atoms. The summed E-state index contributed by atoms with van der Waals surface area (Å²) < 4.78 is 19.1. The van der Waals surface area contributed by atoms with Crippen LogP contribution in [0.4, 0.5) is 4.39 Å². The summed E-state index contributed by atoms with van der Waals surface area (Å²) in [5, 5.41) is 3.38. The molecule has 1 aromatic carbocycles. The molecular formula is C15H19FN2O2. The van der Waals surface area contributed by atoms with Gasteiger partial charge < -0.3 is 15.0 Å². The number of hydrogen-bond acceptors (Lipinski definition) is 3. The van der Waals surface area contributed by atoms with Gasteiger partial charge in [-0.1, -0.05) is 12.1 Å². The van der Waals surface area contributed by atoms with Crippen LogP contribution in [0.2, 0.25) is 0 Å². The second-order valence-electron chi connectivity index (χ2n) is 5.46. The summed E-state index contributed by atoms with van der Waals surface area (Å²) in [5.41, 5.74) is 0.511. The Balaban J connectivity index is 1.77. The number of amides is 1. The molecule has 3 rings (SSSR count). The molecule has 0 saturated carbocycles. The molecule has 1 aromatic rings. The zero-order valence-corrected chi connectivity index (χ0v) is 11.6. The zero-order valence-electron chi connectivity index (χ0n) is 11.6. The maximum atomic E-state index is 14.1. The van der Waals surface area contributed by atoms with Gasteiger partial charge in [-0.3, -0.25) is 4.79 Å². The molecule has 2 aliphatic rings. The van der Waals surface area contributed by atoms with Crippen LogP contribution >= 0.6 is 0 Å². The van der Waals surface area contributed by atoms with E-state index in [1.54, 1.807) is 23.1 Å². The van der Waals surface area contributed by atoms with Crippen molar-refractivity contribution in [1.29, 1.82) is 0 Å². The molecule has 108 valence electrons. The summed E-state index contributed by atoms with van der Waals surface area (Å²) in [6.07, 6.45) is 1.97. The minimum atomic E-state index is -0.370. The predicted octanol–water partition coefficient (Wildman–Crippen LogP) is 1.54. The first kappa shape index (κ1) is 13.4. The number of carbonyl (C=O) groups excluding carboxylic acids is 1. The lowest BCUT2D eigenvalue weighted by Crippen LogP contribution is -2.41. The van der Waals surface area contributed by atoms with E-state index in [1.165, 1.54) is 7.11 Å². The number of carbonyl (C=O) groups is 1. The molecule has 0 bridgehead atoms. The highest BCUT2D eigenvalue weighted by Gasteiger charge is 2.41. The van der Waals surface area contributed by atoms with E-state index in [0.29, 0.717) is 18.7 Å². The largest absolute Gasteiger partial charge is 0.494 e. The minimum absolute atomic E-state index is 0.0671. The second-order valence-corrected chi connectivity index (χ2v) is 5.46. The Hall–Kier alpha value is -1.62. The lowest BCUT2D eigenvalue weighted by atomic mass is 9.94. The molecule has 2 aliphatic heterocycles. The highest BCUT2D eigenvalue weighted by Crippen LogP contribution is 2.29. The molecule has 2 fully saturated rings. The Kier molecular flexibility index (Phi) is 3.61. The summed E-state index contributed by atoms with van der Waals surface area (Å²) in [6.45, 7) is 1.95. The van der Waals surface area contributed by atoms with Crippen molar-refractivity contribution in [1.82, 2.24) is 10.2 Å². The third-order valence-corrected chi connectivity index (χ3v) is 4.25. The first-order valence-corrected chi connectivity index (χ1v) is 7.04. The smallest absolute Gasteiger partial charge is 0.227 e. The molecule has 0 radical (unpaired) electrons. The summed E-state index contributed by atoms with van der Waals surface area (Å²) in [4.78, 5) is 14.1. The van der Waals surface area contributed by atoms with Crippen LogP contribution in [0.5, 0.6) is 5.75 Å². The van der Waals surface area contributed by atoms with Gasteiger partial charge in [-0.2, -0.15) is 0 Å². The van der Waals surface area contributed by atoms with E-state index >= 15 is 0 Å². The van der Waals surface area contributed by atoms with Crippen molar-refractivity contribution in [3.63, 3.8) is 0 Å². The normalized spacial score (nSPS) is 25.7. The number of ether oxygens (including phenoxy) is 1. The first-order valence-electron chi connectivity index (χ1n) is 7.04. The number of nitrogens with zero attached hydrogens (tertiary/aromatic N) is 1. The highest BCUT2D eigenvalue weighted by atomic mass is 19.1. The fourth-order valence-corrected chi connectivity index (χ4v) is 3.19. The van der Waals surface area contributed by atoms with Gasteiger partial charge in [-0.05, 0) is 25.5 Å². The van der Waals surface area contributed by atoms with Gasteiger partial charge in [0.25, 0.3) is 0 Å². The number of halogens is 1. The van der Waals surface area contributed by atoms with Crippen LogP contribution in [0, 0.1) is 11.7 Å². The van der Waals surface area contributed by atoms with Crippen molar-refractivity contribution in [3.8, 4) is 5.75 Å². The fraction of sp³-hybridized carbons (Fsp3) is 0.533. The molecule has 2 saturated heterocycles. The maximum Gasteiger partial charge on any atom is 0.227 e. The molecule has 0 aromatic heterocycles. The first-order chi connectivity index (χ1) is 9.70. The van der Waals surface area contributed by atoms with Gasteiger partial charge in [-0.15, -0.1) is 0 Å². The molecule has 2 atom stereocenters. The lowest BCUT2D eigenvalue weighted by Gasteiger charge is -2.23. The summed E-state index contributed by atoms with van der Waals surface area (Å²) >= 11 is 0. The predicted molar refractivity (Wildman–Crippen MR) is 72.9 cm³/mol. The third-order valence-electron chi connectivity index (χ3n) is 4.25. The summed E-state index contributed by atoms with van der Waals surface area (Å²) in [7, 11) is 1.45. The van der Waals surface area contributed by atoms with Crippen molar-refractivity contribution >= 4 is 5.91 Å². The van der Waals surface area contributed by atoms with E-state index in [-0.39, 0.29) is 29.4 Å². The molecule has 20 heavy (non-hydrogen) atoms. The molecular weight excluding hydrogens is 259 g/mol. The van der Waals surface area contributed by atoms with E-state index in [0.717, 1.165) is 19.4 Å². The van der Waals surface area contributed by atoms with Gasteiger partial charge >= 0.3 is 0 Å². The minimum Gasteiger partial charge on any atom is -0.494 e. The second kappa shape index (κ2) is 5.40. The van der Waals surface area contributed by atoms with Crippen LogP contribution in [-0.2, 0) is 11.3 Å². The number of piperidine rings is 1. The number of rotatable bonds is 3. The van der Waals surface area contributed by atoms with E-state index in [9.17, 15) is 9.18 Å². The van der Waals surface area contributed by atoms with Gasteiger partial charge in [0.05, 0.1) is 13.0 Å². The number of fused-ring (bicyclic) bond motifs is 1. The van der Waals surface area contributed by atoms with Crippen molar-refractivity contribution in [2.45, 2.75) is 25.4 Å². The van der Waals surface area contributed by atoms with E-state index < -0.39 is 0 Å². The van der Waals surface area contributed by atoms with Crippen LogP contribution in [0.1, 0.15) is 18.4 Å². The quantitative estimate of drug-likeness (QED) is 0.912. The van der Waals surface area contributed by atoms with E-state index in [2.05, 4.69) is 5.32 Å². The Morgan fingerprint density at radius 2 is 2.35 bits per heavy atom. The average molecular weight is 278 g/mol. The van der Waals surface area contributed by atoms with E-state index in [4.69, 9.17) is 4.74 Å². The summed E-state index contributed by atoms with van der Waals surface area (Å²) in [6, 6.07) is 5.28. The van der Waals surface area contributed by atoms with Crippen molar-refractivity contribution < 1.29 is 13.9 Å². The molecule has 0 aliphatic carbocycles. The number of likely N-dealkylation sites (tertiary alicyclic amines) is 1. The Morgan fingerprint density at radius 1 is 1.50 bits per heavy atom. The fourth-order valence-electron chi connectivity index (χ4n) is 3.19. The van der Waals surface area contributed by atoms with Crippen LogP contribution < -0.4 is 10.1 Å². The molecule has 1 N–H and O–H groups in total. The van der Waals surface area contributed by atoms with Crippen LogP contribution in [-0.4, -0.2) is 37.0 Å². The Bertz CT molecular complexity index is 521. The summed E-state index contributed by atoms with van der Waals surface area (Å²) in [5.74, 6) is 0.0668. The van der Waals surface area contributed by atoms with Gasteiger partial charge in [0.15, 0.2) is 11.6 Å². The standard InChI is InChI=1S/C15H19FN2O2/c1-20-13-6-2-4-10(14(13)16)8-18-9-12-11(15(18)19)5-3-7-17-12/h2,4,6,11-12,17H,3,5,7-9H2,1H3. The van der Waals surface area contributed by atoms with Crippen LogP contribution in [0.15, 0.2) is 18.2 Å². The average Bonchev–Trinajstić information content (AvgIpc) is 2.78. The molecule has 2 unspecified atom stereocenters. The zero-order chi connectivity index (χ0) is 14.1. The lowest BCUT2D eigenvalue weighted by molar-refractivity contribution is -0.131. The number of benzene rings is 1. The monoisotopic (exact) mass is 278 g/mol. The molecule has 2 heterocycles. The molecule has 1 amide bonds. The maximum absolute atomic E-state index is 14.1. The van der Waals surface area contributed by atoms with Gasteiger partial charge in [0, 0.05) is 24.7 Å². The van der Waals surface area contributed by atoms with Gasteiger partial charge in [0.1, 0.15) is 0 Å². The Morgan fingerprint density at radius 3 is 3.10 bits per heavy atom. The van der Waals surface area contributed by atoms with Gasteiger partial charge in [-0.25, -0.2) is 4.39 Å². The SMILES string of the molecule is COc1cccc(CN2CC3NCCCC3C2=O)c1F. The number of hydrogen-bond donors (Lipinski definition) is 1. The highest BCUT2D eigenvalue weighted by molar-refractivity contribution is 5.82. The molecule has 4 nitrogen and oxygen atoms in total. The van der Waals surface area contributed by atoms with Gasteiger partial charge in [0.2, 0.25) is 5.91 Å². The van der Waals surface area contributed by atoms with Crippen LogP contribution in [0.3, 0.4) is 0 Å². The number of methoxy groups -OCH3 is 1. The number of nitrogens with one attached hydrogen (secondary N) is 1. The van der Waals surface area contributed by atoms with Crippen LogP contribution in [0.25, 0.3) is 0 Å². The molecule has 5 heteroatoms. The third kappa shape index (κ3) is 2.26. The van der Waals surface area contributed by atoms with Crippen molar-refractivity contribution in [2.75, 3.05) is 20.2 Å². The van der Waals surface area contributed by atoms with Crippen molar-refractivity contribution in [3.05, 3.63) is 29.6 Å². The van der Waals surface area contributed by atoms with Crippen molar-refractivity contribution in [2.24, 2.45) is 5.92 Å².